The van der Waals surface area contributed by atoms with E-state index in [0.717, 1.165) is 5.56 Å². The maximum atomic E-state index is 12.0. The first-order chi connectivity index (χ1) is 10.5. The number of alkyl halides is 2. The number of carbonyl (C=O) groups excluding carboxylic acids is 1. The van der Waals surface area contributed by atoms with E-state index in [2.05, 4.69) is 10.1 Å². The van der Waals surface area contributed by atoms with Crippen molar-refractivity contribution in [2.45, 2.75) is 20.1 Å². The minimum absolute atomic E-state index is 0.0549. The molecule has 0 bridgehead atoms. The number of phenolic OH excluding ortho intramolecular Hbond substituents is 1. The zero-order chi connectivity index (χ0) is 16.1. The van der Waals surface area contributed by atoms with Crippen LogP contribution in [0.4, 0.5) is 8.78 Å². The molecule has 2 aromatic carbocycles. The molecule has 6 heteroatoms. The average molecular weight is 307 g/mol. The molecule has 0 aliphatic carbocycles. The third kappa shape index (κ3) is 3.94. The molecule has 0 heterocycles. The summed E-state index contributed by atoms with van der Waals surface area (Å²) in [5, 5.41) is 12.5. The average Bonchev–Trinajstić information content (AvgIpc) is 2.48. The minimum atomic E-state index is -2.87. The summed E-state index contributed by atoms with van der Waals surface area (Å²) < 4.78 is 28.3. The van der Waals surface area contributed by atoms with Gasteiger partial charge >= 0.3 is 6.61 Å². The van der Waals surface area contributed by atoms with E-state index in [0.29, 0.717) is 5.56 Å². The van der Waals surface area contributed by atoms with E-state index in [-0.39, 0.29) is 23.6 Å². The molecule has 0 aliphatic heterocycles. The number of benzene rings is 2. The van der Waals surface area contributed by atoms with E-state index in [1.807, 2.05) is 0 Å². The largest absolute Gasteiger partial charge is 0.507 e. The lowest BCUT2D eigenvalue weighted by atomic mass is 10.1. The second-order valence-corrected chi connectivity index (χ2v) is 4.68. The van der Waals surface area contributed by atoms with Crippen LogP contribution in [0.1, 0.15) is 21.5 Å². The first-order valence-corrected chi connectivity index (χ1v) is 6.58. The second kappa shape index (κ2) is 6.89. The first kappa shape index (κ1) is 15.8. The quantitative estimate of drug-likeness (QED) is 0.891. The molecule has 0 fully saturated rings. The second-order valence-electron chi connectivity index (χ2n) is 4.68. The SMILES string of the molecule is Cc1cccc(C(=O)NCc2ccc(OC(F)F)cc2)c1O. The smallest absolute Gasteiger partial charge is 0.387 e. The lowest BCUT2D eigenvalue weighted by molar-refractivity contribution is -0.0498. The normalized spacial score (nSPS) is 10.5. The van der Waals surface area contributed by atoms with E-state index in [1.165, 1.54) is 18.2 Å². The zero-order valence-electron chi connectivity index (χ0n) is 11.8. The fraction of sp³-hybridized carbons (Fsp3) is 0.188. The van der Waals surface area contributed by atoms with E-state index in [1.54, 1.807) is 31.2 Å². The standard InChI is InChI=1S/C16H15F2NO3/c1-10-3-2-4-13(14(10)20)15(21)19-9-11-5-7-12(8-6-11)22-16(17)18/h2-8,16,20H,9H2,1H3,(H,19,21). The van der Waals surface area contributed by atoms with Crippen LogP contribution in [0, 0.1) is 6.92 Å². The summed E-state index contributed by atoms with van der Waals surface area (Å²) in [7, 11) is 0. The number of rotatable bonds is 5. The molecule has 0 atom stereocenters. The van der Waals surface area contributed by atoms with Gasteiger partial charge in [0, 0.05) is 6.54 Å². The van der Waals surface area contributed by atoms with Crippen LogP contribution in [-0.2, 0) is 6.54 Å². The van der Waals surface area contributed by atoms with Crippen LogP contribution >= 0.6 is 0 Å². The predicted octanol–water partition coefficient (Wildman–Crippen LogP) is 3.23. The van der Waals surface area contributed by atoms with Gasteiger partial charge in [-0.2, -0.15) is 8.78 Å². The molecule has 0 aliphatic rings. The number of hydrogen-bond acceptors (Lipinski definition) is 3. The molecule has 2 aromatic rings. The van der Waals surface area contributed by atoms with Crippen molar-refractivity contribution in [3.05, 3.63) is 59.2 Å². The fourth-order valence-electron chi connectivity index (χ4n) is 1.91. The Kier molecular flexibility index (Phi) is 4.93. The van der Waals surface area contributed by atoms with Crippen LogP contribution in [0.5, 0.6) is 11.5 Å². The zero-order valence-corrected chi connectivity index (χ0v) is 11.8. The molecular weight excluding hydrogens is 292 g/mol. The molecule has 0 radical (unpaired) electrons. The molecule has 2 rings (SSSR count). The van der Waals surface area contributed by atoms with Crippen LogP contribution < -0.4 is 10.1 Å². The third-order valence-corrected chi connectivity index (χ3v) is 3.08. The predicted molar refractivity (Wildman–Crippen MR) is 77.1 cm³/mol. The van der Waals surface area contributed by atoms with Crippen molar-refractivity contribution in [1.82, 2.24) is 5.32 Å². The molecule has 22 heavy (non-hydrogen) atoms. The van der Waals surface area contributed by atoms with Crippen molar-refractivity contribution in [1.29, 1.82) is 0 Å². The summed E-state index contributed by atoms with van der Waals surface area (Å²) in [5.41, 5.74) is 1.53. The molecular formula is C16H15F2NO3. The van der Waals surface area contributed by atoms with Crippen LogP contribution in [0.3, 0.4) is 0 Å². The summed E-state index contributed by atoms with van der Waals surface area (Å²) in [6, 6.07) is 10.9. The maximum absolute atomic E-state index is 12.0. The Morgan fingerprint density at radius 2 is 1.91 bits per heavy atom. The van der Waals surface area contributed by atoms with Crippen molar-refractivity contribution in [2.75, 3.05) is 0 Å². The molecule has 2 N–H and O–H groups in total. The number of nitrogens with one attached hydrogen (secondary N) is 1. The lowest BCUT2D eigenvalue weighted by Crippen LogP contribution is -2.23. The Morgan fingerprint density at radius 3 is 2.55 bits per heavy atom. The molecule has 116 valence electrons. The highest BCUT2D eigenvalue weighted by Crippen LogP contribution is 2.21. The molecule has 0 saturated heterocycles. The van der Waals surface area contributed by atoms with Gasteiger partial charge in [-0.3, -0.25) is 4.79 Å². The van der Waals surface area contributed by atoms with Crippen molar-refractivity contribution in [2.24, 2.45) is 0 Å². The van der Waals surface area contributed by atoms with Crippen LogP contribution in [0.25, 0.3) is 0 Å². The van der Waals surface area contributed by atoms with Crippen molar-refractivity contribution >= 4 is 5.91 Å². The van der Waals surface area contributed by atoms with Gasteiger partial charge in [0.25, 0.3) is 5.91 Å². The van der Waals surface area contributed by atoms with Gasteiger partial charge in [-0.1, -0.05) is 24.3 Å². The summed E-state index contributed by atoms with van der Waals surface area (Å²) in [6.07, 6.45) is 0. The molecule has 0 spiro atoms. The number of ether oxygens (including phenoxy) is 1. The molecule has 0 aromatic heterocycles. The van der Waals surface area contributed by atoms with E-state index >= 15 is 0 Å². The summed E-state index contributed by atoms with van der Waals surface area (Å²) >= 11 is 0. The molecule has 1 amide bonds. The fourth-order valence-corrected chi connectivity index (χ4v) is 1.91. The van der Waals surface area contributed by atoms with Crippen LogP contribution in [0.2, 0.25) is 0 Å². The number of carbonyl (C=O) groups is 1. The maximum Gasteiger partial charge on any atom is 0.387 e. The lowest BCUT2D eigenvalue weighted by Gasteiger charge is -2.09. The van der Waals surface area contributed by atoms with Crippen LogP contribution in [0.15, 0.2) is 42.5 Å². The van der Waals surface area contributed by atoms with Crippen molar-refractivity contribution in [3.8, 4) is 11.5 Å². The monoisotopic (exact) mass is 307 g/mol. The van der Waals surface area contributed by atoms with Gasteiger partial charge in [-0.25, -0.2) is 0 Å². The van der Waals surface area contributed by atoms with Gasteiger partial charge < -0.3 is 15.2 Å². The number of phenols is 1. The van der Waals surface area contributed by atoms with Gasteiger partial charge in [-0.15, -0.1) is 0 Å². The number of halogens is 2. The van der Waals surface area contributed by atoms with Gasteiger partial charge in [0.2, 0.25) is 0 Å². The van der Waals surface area contributed by atoms with Crippen LogP contribution in [-0.4, -0.2) is 17.6 Å². The Labute approximate surface area is 126 Å². The molecule has 0 unspecified atom stereocenters. The van der Waals surface area contributed by atoms with Gasteiger partial charge in [0.05, 0.1) is 5.56 Å². The number of aryl methyl sites for hydroxylation is 1. The summed E-state index contributed by atoms with van der Waals surface area (Å²) in [5.74, 6) is -0.406. The Hall–Kier alpha value is -2.63. The molecule has 4 nitrogen and oxygen atoms in total. The van der Waals surface area contributed by atoms with Crippen molar-refractivity contribution < 1.29 is 23.4 Å². The number of amides is 1. The number of aromatic hydroxyl groups is 1. The van der Waals surface area contributed by atoms with Crippen molar-refractivity contribution in [3.63, 3.8) is 0 Å². The highest BCUT2D eigenvalue weighted by molar-refractivity contribution is 5.97. The topological polar surface area (TPSA) is 58.6 Å². The molecule has 0 saturated carbocycles. The Balaban J connectivity index is 1.97. The number of hydrogen-bond donors (Lipinski definition) is 2. The van der Waals surface area contributed by atoms with Gasteiger partial charge in [0.1, 0.15) is 11.5 Å². The Morgan fingerprint density at radius 1 is 1.23 bits per heavy atom. The van der Waals surface area contributed by atoms with Gasteiger partial charge in [-0.05, 0) is 36.2 Å². The highest BCUT2D eigenvalue weighted by atomic mass is 19.3. The van der Waals surface area contributed by atoms with E-state index in [9.17, 15) is 18.7 Å². The minimum Gasteiger partial charge on any atom is -0.507 e. The number of para-hydroxylation sites is 1. The van der Waals surface area contributed by atoms with Gasteiger partial charge in [0.15, 0.2) is 0 Å². The summed E-state index contributed by atoms with van der Waals surface area (Å²) in [4.78, 5) is 12.0. The van der Waals surface area contributed by atoms with E-state index < -0.39 is 12.5 Å². The Bertz CT molecular complexity index is 657. The third-order valence-electron chi connectivity index (χ3n) is 3.08. The summed E-state index contributed by atoms with van der Waals surface area (Å²) in [6.45, 7) is -0.954. The van der Waals surface area contributed by atoms with E-state index in [4.69, 9.17) is 0 Å². The highest BCUT2D eigenvalue weighted by Gasteiger charge is 2.12. The first-order valence-electron chi connectivity index (χ1n) is 6.58.